The second-order valence-corrected chi connectivity index (χ2v) is 2.46. The minimum absolute atomic E-state index is 0.492. The molecule has 0 radical (unpaired) electrons. The van der Waals surface area contributed by atoms with Crippen LogP contribution in [0.3, 0.4) is 0 Å². The number of hydrogen-bond acceptors (Lipinski definition) is 2. The molecule has 0 amide bonds. The van der Waals surface area contributed by atoms with E-state index in [1.807, 2.05) is 12.1 Å². The normalized spacial score (nSPS) is 8.82. The van der Waals surface area contributed by atoms with Gasteiger partial charge in [-0.25, -0.2) is 0 Å². The van der Waals surface area contributed by atoms with Crippen molar-refractivity contribution in [1.29, 1.82) is 5.26 Å². The molecule has 1 aromatic carbocycles. The van der Waals surface area contributed by atoms with Crippen molar-refractivity contribution >= 4 is 17.3 Å². The number of hydrogen-bond donors (Lipinski definition) is 1. The van der Waals surface area contributed by atoms with Crippen molar-refractivity contribution in [2.45, 2.75) is 0 Å². The first kappa shape index (κ1) is 7.90. The van der Waals surface area contributed by atoms with Gasteiger partial charge in [0.25, 0.3) is 0 Å². The number of halogens is 1. The van der Waals surface area contributed by atoms with E-state index in [1.165, 1.54) is 0 Å². The molecule has 1 rings (SSSR count). The molecule has 1 aromatic rings. The summed E-state index contributed by atoms with van der Waals surface area (Å²) in [4.78, 5) is 0. The monoisotopic (exact) mass is 166 g/mol. The van der Waals surface area contributed by atoms with E-state index in [0.29, 0.717) is 10.6 Å². The third-order valence-electron chi connectivity index (χ3n) is 1.38. The molecule has 0 atom stereocenters. The minimum Gasteiger partial charge on any atom is -0.388 e. The van der Waals surface area contributed by atoms with Crippen molar-refractivity contribution in [1.82, 2.24) is 0 Å². The smallest absolute Gasteiger partial charge is 0.101 e. The lowest BCUT2D eigenvalue weighted by Crippen LogP contribution is -1.88. The predicted molar refractivity (Wildman–Crippen MR) is 45.7 cm³/mol. The molecule has 0 aliphatic rings. The average molecular weight is 167 g/mol. The Morgan fingerprint density at radius 3 is 2.82 bits per heavy atom. The van der Waals surface area contributed by atoms with E-state index < -0.39 is 0 Å². The van der Waals surface area contributed by atoms with Crippen LogP contribution in [0.15, 0.2) is 18.2 Å². The first-order valence-corrected chi connectivity index (χ1v) is 3.53. The Bertz CT molecular complexity index is 301. The molecule has 2 nitrogen and oxygen atoms in total. The van der Waals surface area contributed by atoms with Crippen molar-refractivity contribution in [3.8, 4) is 6.07 Å². The van der Waals surface area contributed by atoms with Gasteiger partial charge in [-0.15, -0.1) is 0 Å². The highest BCUT2D eigenvalue weighted by molar-refractivity contribution is 6.31. The van der Waals surface area contributed by atoms with Crippen LogP contribution in [0.25, 0.3) is 0 Å². The Morgan fingerprint density at radius 1 is 1.55 bits per heavy atom. The van der Waals surface area contributed by atoms with Gasteiger partial charge in [-0.05, 0) is 18.2 Å². The molecule has 11 heavy (non-hydrogen) atoms. The Labute approximate surface area is 70.4 Å². The van der Waals surface area contributed by atoms with E-state index in [9.17, 15) is 0 Å². The molecule has 0 saturated heterocycles. The van der Waals surface area contributed by atoms with Gasteiger partial charge in [-0.3, -0.25) is 0 Å². The van der Waals surface area contributed by atoms with Crippen molar-refractivity contribution < 1.29 is 0 Å². The molecule has 1 N–H and O–H groups in total. The fraction of sp³-hybridized carbons (Fsp3) is 0.125. The molecule has 0 saturated carbocycles. The van der Waals surface area contributed by atoms with E-state index in [0.717, 1.165) is 5.69 Å². The molecule has 56 valence electrons. The predicted octanol–water partition coefficient (Wildman–Crippen LogP) is 2.25. The molecule has 0 heterocycles. The zero-order chi connectivity index (χ0) is 8.27. The molecule has 0 spiro atoms. The summed E-state index contributed by atoms with van der Waals surface area (Å²) in [7, 11) is 1.80. The lowest BCUT2D eigenvalue weighted by Gasteiger charge is -1.99. The van der Waals surface area contributed by atoms with Crippen LogP contribution in [0.4, 0.5) is 5.69 Å². The summed E-state index contributed by atoms with van der Waals surface area (Å²) in [6.45, 7) is 0. The van der Waals surface area contributed by atoms with Crippen LogP contribution in [0.2, 0.25) is 5.02 Å². The van der Waals surface area contributed by atoms with Crippen LogP contribution in [0.1, 0.15) is 5.56 Å². The van der Waals surface area contributed by atoms with Gasteiger partial charge < -0.3 is 5.32 Å². The summed E-state index contributed by atoms with van der Waals surface area (Å²) >= 11 is 5.70. The van der Waals surface area contributed by atoms with E-state index in [1.54, 1.807) is 19.2 Å². The second-order valence-electron chi connectivity index (χ2n) is 2.06. The zero-order valence-electron chi connectivity index (χ0n) is 6.06. The van der Waals surface area contributed by atoms with Crippen LogP contribution < -0.4 is 5.32 Å². The summed E-state index contributed by atoms with van der Waals surface area (Å²) in [6, 6.07) is 7.23. The maximum atomic E-state index is 8.58. The molecule has 0 bridgehead atoms. The standard InChI is InChI=1S/C8H7ClN2/c1-11-7-2-3-8(9)6(4-7)5-10/h2-4,11H,1H3. The lowest BCUT2D eigenvalue weighted by atomic mass is 10.2. The molecular formula is C8H7ClN2. The molecule has 0 aromatic heterocycles. The van der Waals surface area contributed by atoms with Gasteiger partial charge in [-0.1, -0.05) is 11.6 Å². The van der Waals surface area contributed by atoms with Crippen LogP contribution >= 0.6 is 11.6 Å². The summed E-state index contributed by atoms with van der Waals surface area (Å²) in [5.74, 6) is 0. The summed E-state index contributed by atoms with van der Waals surface area (Å²) in [5, 5.41) is 12.0. The quantitative estimate of drug-likeness (QED) is 0.695. The van der Waals surface area contributed by atoms with Gasteiger partial charge >= 0.3 is 0 Å². The SMILES string of the molecule is CNc1ccc(Cl)c(C#N)c1. The van der Waals surface area contributed by atoms with Crippen LogP contribution in [-0.2, 0) is 0 Å². The zero-order valence-corrected chi connectivity index (χ0v) is 6.81. The first-order chi connectivity index (χ1) is 5.27. The maximum absolute atomic E-state index is 8.58. The van der Waals surface area contributed by atoms with Gasteiger partial charge in [0.15, 0.2) is 0 Å². The van der Waals surface area contributed by atoms with Crippen LogP contribution in [0.5, 0.6) is 0 Å². The van der Waals surface area contributed by atoms with Crippen molar-refractivity contribution in [2.75, 3.05) is 12.4 Å². The van der Waals surface area contributed by atoms with E-state index in [2.05, 4.69) is 5.32 Å². The second kappa shape index (κ2) is 3.27. The topological polar surface area (TPSA) is 35.8 Å². The third-order valence-corrected chi connectivity index (χ3v) is 1.71. The molecule has 0 aliphatic heterocycles. The Kier molecular flexibility index (Phi) is 2.35. The highest BCUT2D eigenvalue weighted by atomic mass is 35.5. The molecule has 3 heteroatoms. The maximum Gasteiger partial charge on any atom is 0.101 e. The van der Waals surface area contributed by atoms with Crippen molar-refractivity contribution in [2.24, 2.45) is 0 Å². The number of nitriles is 1. The molecular weight excluding hydrogens is 160 g/mol. The van der Waals surface area contributed by atoms with Crippen LogP contribution in [0, 0.1) is 11.3 Å². The minimum atomic E-state index is 0.492. The van der Waals surface area contributed by atoms with Gasteiger partial charge in [0.05, 0.1) is 10.6 Å². The van der Waals surface area contributed by atoms with E-state index >= 15 is 0 Å². The number of nitrogens with one attached hydrogen (secondary N) is 1. The summed E-state index contributed by atoms with van der Waals surface area (Å²) in [5.41, 5.74) is 1.39. The van der Waals surface area contributed by atoms with E-state index in [4.69, 9.17) is 16.9 Å². The lowest BCUT2D eigenvalue weighted by molar-refractivity contribution is 1.46. The van der Waals surface area contributed by atoms with Crippen molar-refractivity contribution in [3.63, 3.8) is 0 Å². The third kappa shape index (κ3) is 1.63. The Morgan fingerprint density at radius 2 is 2.27 bits per heavy atom. The average Bonchev–Trinajstić information content (AvgIpc) is 2.05. The Balaban J connectivity index is 3.15. The van der Waals surface area contributed by atoms with Crippen molar-refractivity contribution in [3.05, 3.63) is 28.8 Å². The fourth-order valence-electron chi connectivity index (χ4n) is 0.766. The molecule has 0 aliphatic carbocycles. The molecule has 0 fully saturated rings. The van der Waals surface area contributed by atoms with Gasteiger partial charge in [0.1, 0.15) is 6.07 Å². The van der Waals surface area contributed by atoms with Gasteiger partial charge in [0, 0.05) is 12.7 Å². The van der Waals surface area contributed by atoms with Crippen LogP contribution in [-0.4, -0.2) is 7.05 Å². The number of rotatable bonds is 1. The summed E-state index contributed by atoms with van der Waals surface area (Å²) in [6.07, 6.45) is 0. The highest BCUT2D eigenvalue weighted by Crippen LogP contribution is 2.18. The number of nitrogens with zero attached hydrogens (tertiary/aromatic N) is 1. The highest BCUT2D eigenvalue weighted by Gasteiger charge is 1.98. The fourth-order valence-corrected chi connectivity index (χ4v) is 0.926. The van der Waals surface area contributed by atoms with Gasteiger partial charge in [-0.2, -0.15) is 5.26 Å². The van der Waals surface area contributed by atoms with Gasteiger partial charge in [0.2, 0.25) is 0 Å². The number of anilines is 1. The first-order valence-electron chi connectivity index (χ1n) is 3.15. The Hall–Kier alpha value is -1.20. The molecule has 0 unspecified atom stereocenters. The number of benzene rings is 1. The largest absolute Gasteiger partial charge is 0.388 e. The van der Waals surface area contributed by atoms with E-state index in [-0.39, 0.29) is 0 Å². The summed E-state index contributed by atoms with van der Waals surface area (Å²) < 4.78 is 0.